The highest BCUT2D eigenvalue weighted by molar-refractivity contribution is 8.17. The number of hydrogen-bond donors (Lipinski definition) is 1. The molecule has 1 N–H and O–H groups in total. The number of nitrogens with one attached hydrogen (secondary N) is 1. The van der Waals surface area contributed by atoms with Gasteiger partial charge in [0.2, 0.25) is 0 Å². The van der Waals surface area contributed by atoms with Crippen LogP contribution in [0.5, 0.6) is 0 Å². The molecule has 0 amide bonds. The molecule has 0 aliphatic carbocycles. The summed E-state index contributed by atoms with van der Waals surface area (Å²) in [5.74, 6) is 0.915. The van der Waals surface area contributed by atoms with Crippen LogP contribution < -0.4 is 5.32 Å². The number of fused-ring (bicyclic) bond motifs is 2. The standard InChI is InChI=1S/C22H22N4S2/c1-2-6-16(7-3-1)12-18-13-26-19(15-28-22(26)24-18)14-27-21-23-11-10-17-8-4-5-9-20(17)25-21/h1-9,15,18H,10-14H2,(H,23,25). The van der Waals surface area contributed by atoms with Crippen molar-refractivity contribution >= 4 is 39.5 Å². The van der Waals surface area contributed by atoms with Crippen LogP contribution in [0.4, 0.5) is 5.69 Å². The molecular formula is C22H22N4S2. The molecule has 0 fully saturated rings. The fraction of sp³-hybridized carbons (Fsp3) is 0.273. The molecule has 3 aliphatic heterocycles. The molecule has 0 saturated carbocycles. The van der Waals surface area contributed by atoms with Crippen molar-refractivity contribution in [3.05, 3.63) is 76.8 Å². The normalized spacial score (nSPS) is 20.5. The van der Waals surface area contributed by atoms with Crippen molar-refractivity contribution in [3.63, 3.8) is 0 Å². The van der Waals surface area contributed by atoms with Gasteiger partial charge in [-0.25, -0.2) is 0 Å². The second kappa shape index (κ2) is 8.05. The fourth-order valence-corrected chi connectivity index (χ4v) is 5.67. The first-order valence-corrected chi connectivity index (χ1v) is 11.5. The smallest absolute Gasteiger partial charge is 0.168 e. The number of nitrogens with zero attached hydrogens (tertiary/aromatic N) is 3. The molecule has 3 aliphatic rings. The number of hydrogen-bond acceptors (Lipinski definition) is 6. The van der Waals surface area contributed by atoms with E-state index in [2.05, 4.69) is 70.2 Å². The Labute approximate surface area is 174 Å². The highest BCUT2D eigenvalue weighted by Crippen LogP contribution is 2.34. The second-order valence-corrected chi connectivity index (χ2v) is 8.90. The first-order chi connectivity index (χ1) is 13.8. The van der Waals surface area contributed by atoms with Crippen molar-refractivity contribution in [3.8, 4) is 0 Å². The number of aliphatic imine (C=N–C) groups is 2. The van der Waals surface area contributed by atoms with E-state index in [1.165, 1.54) is 22.5 Å². The first kappa shape index (κ1) is 17.9. The Bertz CT molecular complexity index is 952. The van der Waals surface area contributed by atoms with Crippen molar-refractivity contribution < 1.29 is 0 Å². The Morgan fingerprint density at radius 2 is 1.96 bits per heavy atom. The molecule has 142 valence electrons. The van der Waals surface area contributed by atoms with Crippen LogP contribution in [-0.4, -0.2) is 40.1 Å². The Morgan fingerprint density at radius 3 is 2.89 bits per heavy atom. The van der Waals surface area contributed by atoms with Crippen LogP contribution in [0.25, 0.3) is 0 Å². The minimum absolute atomic E-state index is 0.346. The van der Waals surface area contributed by atoms with Gasteiger partial charge in [0.05, 0.1) is 6.04 Å². The average molecular weight is 407 g/mol. The van der Waals surface area contributed by atoms with Crippen molar-refractivity contribution in [2.75, 3.05) is 24.2 Å². The SMILES string of the molecule is C1=C(CSC2=NCCc3ccccc3N2)N2CC(Cc3ccccc3)N=C2S1. The fourth-order valence-electron chi connectivity index (χ4n) is 3.70. The summed E-state index contributed by atoms with van der Waals surface area (Å²) in [6, 6.07) is 19.5. The van der Waals surface area contributed by atoms with Gasteiger partial charge in [-0.1, -0.05) is 72.1 Å². The molecule has 0 radical (unpaired) electrons. The predicted octanol–water partition coefficient (Wildman–Crippen LogP) is 4.61. The largest absolute Gasteiger partial charge is 0.335 e. The minimum atomic E-state index is 0.346. The molecule has 2 aromatic carbocycles. The number of benzene rings is 2. The van der Waals surface area contributed by atoms with Crippen LogP contribution in [0.3, 0.4) is 0 Å². The Morgan fingerprint density at radius 1 is 1.11 bits per heavy atom. The quantitative estimate of drug-likeness (QED) is 0.805. The van der Waals surface area contributed by atoms with Gasteiger partial charge in [-0.2, -0.15) is 0 Å². The highest BCUT2D eigenvalue weighted by atomic mass is 32.2. The highest BCUT2D eigenvalue weighted by Gasteiger charge is 2.31. The topological polar surface area (TPSA) is 40.0 Å². The number of amidine groups is 2. The zero-order valence-electron chi connectivity index (χ0n) is 15.5. The van der Waals surface area contributed by atoms with Crippen molar-refractivity contribution in [1.82, 2.24) is 4.90 Å². The molecule has 0 saturated heterocycles. The van der Waals surface area contributed by atoms with Crippen LogP contribution >= 0.6 is 23.5 Å². The molecular weight excluding hydrogens is 384 g/mol. The van der Waals surface area contributed by atoms with Gasteiger partial charge in [-0.15, -0.1) is 0 Å². The molecule has 6 heteroatoms. The molecule has 5 rings (SSSR count). The summed E-state index contributed by atoms with van der Waals surface area (Å²) in [4.78, 5) is 12.1. The van der Waals surface area contributed by atoms with Gasteiger partial charge in [-0.3, -0.25) is 9.98 Å². The lowest BCUT2D eigenvalue weighted by atomic mass is 10.1. The van der Waals surface area contributed by atoms with E-state index in [1.54, 1.807) is 23.5 Å². The number of para-hydroxylation sites is 1. The third-order valence-corrected chi connectivity index (χ3v) is 7.00. The predicted molar refractivity (Wildman–Crippen MR) is 122 cm³/mol. The van der Waals surface area contributed by atoms with Gasteiger partial charge in [0, 0.05) is 30.2 Å². The summed E-state index contributed by atoms with van der Waals surface area (Å²) in [6.07, 6.45) is 2.00. The summed E-state index contributed by atoms with van der Waals surface area (Å²) >= 11 is 3.54. The zero-order chi connectivity index (χ0) is 18.8. The molecule has 1 unspecified atom stereocenters. The van der Waals surface area contributed by atoms with E-state index in [9.17, 15) is 0 Å². The van der Waals surface area contributed by atoms with E-state index < -0.39 is 0 Å². The summed E-state index contributed by atoms with van der Waals surface area (Å²) in [5, 5.41) is 7.93. The van der Waals surface area contributed by atoms with E-state index in [4.69, 9.17) is 9.98 Å². The lowest BCUT2D eigenvalue weighted by molar-refractivity contribution is 0.512. The van der Waals surface area contributed by atoms with Gasteiger partial charge in [0.15, 0.2) is 10.3 Å². The molecule has 3 heterocycles. The zero-order valence-corrected chi connectivity index (χ0v) is 17.2. The Balaban J connectivity index is 1.19. The maximum absolute atomic E-state index is 4.93. The monoisotopic (exact) mass is 406 g/mol. The number of thioether (sulfide) groups is 2. The number of rotatable bonds is 4. The Kier molecular flexibility index (Phi) is 5.14. The summed E-state index contributed by atoms with van der Waals surface area (Å²) in [7, 11) is 0. The van der Waals surface area contributed by atoms with E-state index in [1.807, 2.05) is 0 Å². The summed E-state index contributed by atoms with van der Waals surface area (Å²) in [5.41, 5.74) is 5.23. The van der Waals surface area contributed by atoms with Crippen LogP contribution in [0.15, 0.2) is 75.7 Å². The second-order valence-electron chi connectivity index (χ2n) is 7.10. The molecule has 1 atom stereocenters. The molecule has 2 aromatic rings. The third-order valence-electron chi connectivity index (χ3n) is 5.13. The van der Waals surface area contributed by atoms with Crippen molar-refractivity contribution in [2.45, 2.75) is 18.9 Å². The van der Waals surface area contributed by atoms with E-state index in [0.717, 1.165) is 42.0 Å². The molecule has 0 aromatic heterocycles. The molecule has 0 bridgehead atoms. The van der Waals surface area contributed by atoms with Crippen molar-refractivity contribution in [2.24, 2.45) is 9.98 Å². The summed E-state index contributed by atoms with van der Waals surface area (Å²) < 4.78 is 0. The van der Waals surface area contributed by atoms with E-state index >= 15 is 0 Å². The molecule has 4 nitrogen and oxygen atoms in total. The third kappa shape index (κ3) is 3.84. The average Bonchev–Trinajstić information content (AvgIpc) is 3.21. The van der Waals surface area contributed by atoms with Crippen molar-refractivity contribution in [1.29, 1.82) is 0 Å². The lowest BCUT2D eigenvalue weighted by Gasteiger charge is -2.18. The van der Waals surface area contributed by atoms with Crippen LogP contribution in [-0.2, 0) is 12.8 Å². The Hall–Kier alpha value is -2.18. The van der Waals surface area contributed by atoms with E-state index in [-0.39, 0.29) is 0 Å². The number of anilines is 1. The minimum Gasteiger partial charge on any atom is -0.335 e. The first-order valence-electron chi connectivity index (χ1n) is 9.62. The maximum Gasteiger partial charge on any atom is 0.168 e. The molecule has 28 heavy (non-hydrogen) atoms. The van der Waals surface area contributed by atoms with Crippen LogP contribution in [0.2, 0.25) is 0 Å². The van der Waals surface area contributed by atoms with Gasteiger partial charge in [-0.05, 0) is 35.4 Å². The van der Waals surface area contributed by atoms with E-state index in [0.29, 0.717) is 6.04 Å². The lowest BCUT2D eigenvalue weighted by Crippen LogP contribution is -2.26. The summed E-state index contributed by atoms with van der Waals surface area (Å²) in [6.45, 7) is 1.82. The van der Waals surface area contributed by atoms with Crippen LogP contribution in [0, 0.1) is 0 Å². The van der Waals surface area contributed by atoms with Gasteiger partial charge >= 0.3 is 0 Å². The molecule has 0 spiro atoms. The maximum atomic E-state index is 4.93. The van der Waals surface area contributed by atoms with Crippen LogP contribution in [0.1, 0.15) is 11.1 Å². The van der Waals surface area contributed by atoms with Gasteiger partial charge < -0.3 is 10.2 Å². The van der Waals surface area contributed by atoms with Gasteiger partial charge in [0.1, 0.15) is 0 Å². The van der Waals surface area contributed by atoms with Gasteiger partial charge in [0.25, 0.3) is 0 Å².